The van der Waals surface area contributed by atoms with Crippen molar-refractivity contribution in [2.24, 2.45) is 0 Å². The van der Waals surface area contributed by atoms with Crippen LogP contribution in [-0.4, -0.2) is 23.5 Å². The molecule has 0 aromatic rings. The molecule has 5 heteroatoms. The third-order valence-electron chi connectivity index (χ3n) is 3.18. The second-order valence-electron chi connectivity index (χ2n) is 5.03. The molecular weight excluding hydrogens is 259 g/mol. The second kappa shape index (κ2) is 7.17. The van der Waals surface area contributed by atoms with E-state index in [9.17, 15) is 0 Å². The van der Waals surface area contributed by atoms with Gasteiger partial charge in [0, 0.05) is 6.04 Å². The minimum atomic E-state index is -0.928. The van der Waals surface area contributed by atoms with E-state index in [1.54, 1.807) is 0 Å². The highest BCUT2D eigenvalue weighted by atomic mass is 31.2. The molecule has 0 aromatic heterocycles. The molecular formula is C14H21N2O2P. The molecule has 19 heavy (non-hydrogen) atoms. The van der Waals surface area contributed by atoms with Crippen LogP contribution in [0.25, 0.3) is 0 Å². The van der Waals surface area contributed by atoms with Crippen molar-refractivity contribution >= 4 is 8.53 Å². The summed E-state index contributed by atoms with van der Waals surface area (Å²) in [6.07, 6.45) is 10.0. The minimum Gasteiger partial charge on any atom is -0.322 e. The standard InChI is InChI=1S/C14H21N2O2P/c1-12(2)16-14(9-10-15)18-19(16)17-11-5-8-13-6-3-4-7-13/h3-4,6,12,14H,5,7-9,11H2,1-2H3. The molecule has 2 rings (SSSR count). The maximum absolute atomic E-state index is 8.72. The molecule has 0 radical (unpaired) electrons. The van der Waals surface area contributed by atoms with E-state index in [2.05, 4.69) is 42.8 Å². The highest BCUT2D eigenvalue weighted by molar-refractivity contribution is 7.45. The van der Waals surface area contributed by atoms with Gasteiger partial charge in [0.1, 0.15) is 6.23 Å². The van der Waals surface area contributed by atoms with E-state index in [0.717, 1.165) is 25.9 Å². The van der Waals surface area contributed by atoms with Crippen LogP contribution >= 0.6 is 8.53 Å². The number of rotatable bonds is 7. The van der Waals surface area contributed by atoms with Crippen LogP contribution in [0.5, 0.6) is 0 Å². The summed E-state index contributed by atoms with van der Waals surface area (Å²) in [5.74, 6) is 0. The first-order valence-electron chi connectivity index (χ1n) is 6.82. The van der Waals surface area contributed by atoms with Crippen molar-refractivity contribution in [3.05, 3.63) is 23.8 Å². The zero-order valence-corrected chi connectivity index (χ0v) is 12.5. The summed E-state index contributed by atoms with van der Waals surface area (Å²) in [5, 5.41) is 8.72. The number of nitriles is 1. The van der Waals surface area contributed by atoms with Gasteiger partial charge in [-0.3, -0.25) is 0 Å². The van der Waals surface area contributed by atoms with E-state index in [4.69, 9.17) is 14.3 Å². The molecule has 1 saturated heterocycles. The van der Waals surface area contributed by atoms with Crippen molar-refractivity contribution in [3.8, 4) is 6.07 Å². The first-order valence-corrected chi connectivity index (χ1v) is 7.95. The average molecular weight is 280 g/mol. The fraction of sp³-hybridized carbons (Fsp3) is 0.643. The van der Waals surface area contributed by atoms with Gasteiger partial charge in [-0.15, -0.1) is 0 Å². The van der Waals surface area contributed by atoms with E-state index in [-0.39, 0.29) is 6.23 Å². The van der Waals surface area contributed by atoms with Gasteiger partial charge in [0.05, 0.1) is 19.1 Å². The Labute approximate surface area is 116 Å². The summed E-state index contributed by atoms with van der Waals surface area (Å²) in [7, 11) is -0.928. The average Bonchev–Trinajstić information content (AvgIpc) is 2.83. The zero-order chi connectivity index (χ0) is 13.7. The lowest BCUT2D eigenvalue weighted by atomic mass is 10.1. The first kappa shape index (κ1) is 14.7. The van der Waals surface area contributed by atoms with Crippen LogP contribution in [-0.2, 0) is 9.05 Å². The quantitative estimate of drug-likeness (QED) is 0.524. The Bertz CT molecular complexity index is 401. The lowest BCUT2D eigenvalue weighted by Gasteiger charge is -2.47. The van der Waals surface area contributed by atoms with Gasteiger partial charge in [-0.25, -0.2) is 4.67 Å². The lowest BCUT2D eigenvalue weighted by molar-refractivity contribution is -0.0291. The largest absolute Gasteiger partial charge is 0.322 e. The minimum absolute atomic E-state index is 0.0714. The predicted octanol–water partition coefficient (Wildman–Crippen LogP) is 3.88. The Kier molecular flexibility index (Phi) is 5.54. The van der Waals surface area contributed by atoms with Crippen LogP contribution in [0.3, 0.4) is 0 Å². The number of allylic oxidation sites excluding steroid dienone is 4. The molecule has 1 heterocycles. The summed E-state index contributed by atoms with van der Waals surface area (Å²) in [4.78, 5) is 0. The molecule has 0 aromatic carbocycles. The van der Waals surface area contributed by atoms with Gasteiger partial charge in [0.15, 0.2) is 0 Å². The molecule has 1 aliphatic heterocycles. The van der Waals surface area contributed by atoms with Gasteiger partial charge in [0.2, 0.25) is 0 Å². The normalized spacial score (nSPS) is 26.3. The maximum Gasteiger partial charge on any atom is 0.262 e. The summed E-state index contributed by atoms with van der Waals surface area (Å²) < 4.78 is 13.6. The smallest absolute Gasteiger partial charge is 0.262 e. The predicted molar refractivity (Wildman–Crippen MR) is 76.0 cm³/mol. The molecule has 0 spiro atoms. The van der Waals surface area contributed by atoms with Crippen molar-refractivity contribution in [1.82, 2.24) is 4.67 Å². The van der Waals surface area contributed by atoms with Crippen LogP contribution in [0.2, 0.25) is 0 Å². The van der Waals surface area contributed by atoms with Crippen molar-refractivity contribution in [1.29, 1.82) is 5.26 Å². The topological polar surface area (TPSA) is 45.5 Å². The Morgan fingerprint density at radius 1 is 1.63 bits per heavy atom. The van der Waals surface area contributed by atoms with Crippen LogP contribution in [0.1, 0.15) is 39.5 Å². The maximum atomic E-state index is 8.72. The highest BCUT2D eigenvalue weighted by Crippen LogP contribution is 2.57. The summed E-state index contributed by atoms with van der Waals surface area (Å²) in [6, 6.07) is 2.51. The first-order chi connectivity index (χ1) is 9.22. The van der Waals surface area contributed by atoms with Gasteiger partial charge in [-0.1, -0.05) is 23.8 Å². The molecule has 1 aliphatic carbocycles. The molecule has 0 amide bonds. The van der Waals surface area contributed by atoms with Gasteiger partial charge in [-0.2, -0.15) is 5.26 Å². The highest BCUT2D eigenvalue weighted by Gasteiger charge is 2.43. The third-order valence-corrected chi connectivity index (χ3v) is 5.11. The lowest BCUT2D eigenvalue weighted by Crippen LogP contribution is -2.46. The van der Waals surface area contributed by atoms with Crippen LogP contribution in [0.4, 0.5) is 0 Å². The van der Waals surface area contributed by atoms with Crippen LogP contribution < -0.4 is 0 Å². The van der Waals surface area contributed by atoms with Gasteiger partial charge < -0.3 is 9.05 Å². The second-order valence-corrected chi connectivity index (χ2v) is 6.43. The third kappa shape index (κ3) is 3.87. The number of hydrogen-bond donors (Lipinski definition) is 0. The molecule has 0 N–H and O–H groups in total. The van der Waals surface area contributed by atoms with Crippen LogP contribution in [0, 0.1) is 11.3 Å². The van der Waals surface area contributed by atoms with Gasteiger partial charge in [-0.05, 0) is 33.1 Å². The van der Waals surface area contributed by atoms with Crippen molar-refractivity contribution in [3.63, 3.8) is 0 Å². The summed E-state index contributed by atoms with van der Waals surface area (Å²) in [6.45, 7) is 4.95. The summed E-state index contributed by atoms with van der Waals surface area (Å²) >= 11 is 0. The molecule has 104 valence electrons. The number of nitrogens with zero attached hydrogens (tertiary/aromatic N) is 2. The zero-order valence-electron chi connectivity index (χ0n) is 11.6. The van der Waals surface area contributed by atoms with Crippen molar-refractivity contribution < 1.29 is 9.05 Å². The van der Waals surface area contributed by atoms with Gasteiger partial charge >= 0.3 is 0 Å². The molecule has 1 fully saturated rings. The Balaban J connectivity index is 1.64. The molecule has 2 atom stereocenters. The molecule has 0 bridgehead atoms. The molecule has 2 aliphatic rings. The van der Waals surface area contributed by atoms with Crippen molar-refractivity contribution in [2.75, 3.05) is 6.61 Å². The van der Waals surface area contributed by atoms with E-state index in [0.29, 0.717) is 12.5 Å². The SMILES string of the molecule is CC(C)N1C(CC#N)OP1OCCCC1=CC=CC1. The number of hydrogen-bond acceptors (Lipinski definition) is 4. The Morgan fingerprint density at radius 2 is 2.47 bits per heavy atom. The Morgan fingerprint density at radius 3 is 3.11 bits per heavy atom. The summed E-state index contributed by atoms with van der Waals surface area (Å²) in [5.41, 5.74) is 1.48. The fourth-order valence-corrected chi connectivity index (χ4v) is 3.77. The van der Waals surface area contributed by atoms with Crippen molar-refractivity contribution in [2.45, 2.75) is 51.8 Å². The van der Waals surface area contributed by atoms with E-state index in [1.807, 2.05) is 0 Å². The Hall–Kier alpha value is -0.720. The van der Waals surface area contributed by atoms with Crippen LogP contribution in [0.15, 0.2) is 23.8 Å². The van der Waals surface area contributed by atoms with E-state index < -0.39 is 8.53 Å². The molecule has 4 nitrogen and oxygen atoms in total. The fourth-order valence-electron chi connectivity index (χ4n) is 2.22. The monoisotopic (exact) mass is 280 g/mol. The molecule has 0 saturated carbocycles. The molecule has 2 unspecified atom stereocenters. The van der Waals surface area contributed by atoms with E-state index in [1.165, 1.54) is 5.57 Å². The van der Waals surface area contributed by atoms with E-state index >= 15 is 0 Å². The van der Waals surface area contributed by atoms with Gasteiger partial charge in [0.25, 0.3) is 8.53 Å².